The molecule has 0 spiro atoms. The fourth-order valence-corrected chi connectivity index (χ4v) is 3.88. The third kappa shape index (κ3) is 3.46. The molecule has 1 atom stereocenters. The second-order valence-electron chi connectivity index (χ2n) is 7.23. The highest BCUT2D eigenvalue weighted by Gasteiger charge is 2.33. The Bertz CT molecular complexity index is 965. The zero-order valence-corrected chi connectivity index (χ0v) is 15.6. The molecule has 4 nitrogen and oxygen atoms in total. The van der Waals surface area contributed by atoms with Crippen molar-refractivity contribution in [2.45, 2.75) is 38.6 Å². The van der Waals surface area contributed by atoms with Crippen molar-refractivity contribution in [2.75, 3.05) is 13.1 Å². The van der Waals surface area contributed by atoms with E-state index >= 15 is 0 Å². The molecule has 2 heterocycles. The largest absolute Gasteiger partial charge is 0.342 e. The molecule has 27 heavy (non-hydrogen) atoms. The maximum absolute atomic E-state index is 14.3. The van der Waals surface area contributed by atoms with Crippen LogP contribution in [0.5, 0.6) is 0 Å². The lowest BCUT2D eigenvalue weighted by Gasteiger charge is -2.17. The monoisotopic (exact) mass is 365 g/mol. The lowest BCUT2D eigenvalue weighted by molar-refractivity contribution is -0.127. The highest BCUT2D eigenvalue weighted by atomic mass is 19.1. The van der Waals surface area contributed by atoms with Gasteiger partial charge >= 0.3 is 0 Å². The third-order valence-electron chi connectivity index (χ3n) is 5.33. The molecule has 1 aliphatic rings. The number of para-hydroxylation sites is 2. The lowest BCUT2D eigenvalue weighted by Crippen LogP contribution is -2.26. The predicted octanol–water partition coefficient (Wildman–Crippen LogP) is 4.34. The van der Waals surface area contributed by atoms with Crippen molar-refractivity contribution in [1.29, 1.82) is 0 Å². The number of fused-ring (bicyclic) bond motifs is 1. The molecule has 140 valence electrons. The number of carbonyl (C=O) groups is 1. The number of hydrogen-bond donors (Lipinski definition) is 0. The van der Waals surface area contributed by atoms with Crippen LogP contribution in [0.1, 0.15) is 43.5 Å². The molecule has 1 aliphatic heterocycles. The van der Waals surface area contributed by atoms with Gasteiger partial charge in [-0.25, -0.2) is 9.37 Å². The first-order chi connectivity index (χ1) is 13.2. The Kier molecular flexibility index (Phi) is 4.92. The number of rotatable bonds is 6. The van der Waals surface area contributed by atoms with Crippen molar-refractivity contribution in [3.8, 4) is 0 Å². The Hall–Kier alpha value is -2.69. The topological polar surface area (TPSA) is 38.1 Å². The van der Waals surface area contributed by atoms with Crippen molar-refractivity contribution in [3.63, 3.8) is 0 Å². The Morgan fingerprint density at radius 2 is 1.93 bits per heavy atom. The minimum atomic E-state index is -0.215. The first-order valence-corrected chi connectivity index (χ1v) is 9.63. The number of hydrogen-bond acceptors (Lipinski definition) is 2. The van der Waals surface area contributed by atoms with E-state index in [1.165, 1.54) is 6.07 Å². The van der Waals surface area contributed by atoms with Gasteiger partial charge in [-0.2, -0.15) is 0 Å². The lowest BCUT2D eigenvalue weighted by atomic mass is 10.1. The van der Waals surface area contributed by atoms with E-state index in [-0.39, 0.29) is 17.6 Å². The van der Waals surface area contributed by atoms with Gasteiger partial charge in [0.2, 0.25) is 5.91 Å². The van der Waals surface area contributed by atoms with Crippen molar-refractivity contribution >= 4 is 16.9 Å². The van der Waals surface area contributed by atoms with Crippen LogP contribution in [0.2, 0.25) is 0 Å². The summed E-state index contributed by atoms with van der Waals surface area (Å²) in [5.41, 5.74) is 2.51. The molecule has 1 aromatic heterocycles. The van der Waals surface area contributed by atoms with Crippen LogP contribution in [0.15, 0.2) is 48.5 Å². The average molecular weight is 365 g/mol. The molecule has 0 aliphatic carbocycles. The molecule has 1 saturated heterocycles. The van der Waals surface area contributed by atoms with Crippen molar-refractivity contribution in [2.24, 2.45) is 0 Å². The number of unbranched alkanes of at least 4 members (excludes halogenated alkanes) is 1. The van der Waals surface area contributed by atoms with E-state index in [4.69, 9.17) is 4.98 Å². The van der Waals surface area contributed by atoms with Crippen LogP contribution in [-0.2, 0) is 11.3 Å². The van der Waals surface area contributed by atoms with Crippen LogP contribution in [-0.4, -0.2) is 33.4 Å². The highest BCUT2D eigenvalue weighted by Crippen LogP contribution is 2.31. The molecule has 2 aromatic carbocycles. The molecular weight excluding hydrogens is 341 g/mol. The zero-order valence-electron chi connectivity index (χ0n) is 15.6. The molecule has 4 rings (SSSR count). The summed E-state index contributed by atoms with van der Waals surface area (Å²) in [5, 5.41) is 0. The molecule has 0 unspecified atom stereocenters. The fraction of sp³-hybridized carbons (Fsp3) is 0.364. The fourth-order valence-electron chi connectivity index (χ4n) is 3.88. The number of nitrogens with zero attached hydrogens (tertiary/aromatic N) is 3. The van der Waals surface area contributed by atoms with Gasteiger partial charge in [0, 0.05) is 31.0 Å². The summed E-state index contributed by atoms with van der Waals surface area (Å²) in [6.07, 6.45) is 2.56. The van der Waals surface area contributed by atoms with E-state index in [1.54, 1.807) is 12.1 Å². The van der Waals surface area contributed by atoms with Gasteiger partial charge in [-0.15, -0.1) is 0 Å². The van der Waals surface area contributed by atoms with Crippen LogP contribution in [0.3, 0.4) is 0 Å². The summed E-state index contributed by atoms with van der Waals surface area (Å²) in [5.74, 6) is 0.909. The van der Waals surface area contributed by atoms with Crippen LogP contribution < -0.4 is 0 Å². The summed E-state index contributed by atoms with van der Waals surface area (Å²) in [4.78, 5) is 19.2. The second-order valence-corrected chi connectivity index (χ2v) is 7.23. The Balaban J connectivity index is 1.71. The van der Waals surface area contributed by atoms with E-state index in [1.807, 2.05) is 35.2 Å². The van der Waals surface area contributed by atoms with Gasteiger partial charge in [-0.1, -0.05) is 43.7 Å². The molecule has 1 amide bonds. The summed E-state index contributed by atoms with van der Waals surface area (Å²) >= 11 is 0. The normalized spacial score (nSPS) is 17.2. The number of halogens is 1. The van der Waals surface area contributed by atoms with Crippen molar-refractivity contribution in [3.05, 3.63) is 65.7 Å². The Labute approximate surface area is 158 Å². The standard InChI is InChI=1S/C22H24FN3O/c1-2-3-12-25-14-17(13-21(25)27)22-24-19-10-6-7-11-20(19)26(22)15-16-8-4-5-9-18(16)23/h4-11,17H,2-3,12-15H2,1H3/t17-/m0/s1. The van der Waals surface area contributed by atoms with E-state index in [9.17, 15) is 9.18 Å². The van der Waals surface area contributed by atoms with Gasteiger partial charge in [0.25, 0.3) is 0 Å². The van der Waals surface area contributed by atoms with Crippen LogP contribution in [0.25, 0.3) is 11.0 Å². The highest BCUT2D eigenvalue weighted by molar-refractivity contribution is 5.81. The van der Waals surface area contributed by atoms with Crippen LogP contribution in [0, 0.1) is 5.82 Å². The van der Waals surface area contributed by atoms with Gasteiger partial charge in [0.05, 0.1) is 17.6 Å². The third-order valence-corrected chi connectivity index (χ3v) is 5.33. The Morgan fingerprint density at radius 3 is 2.74 bits per heavy atom. The van der Waals surface area contributed by atoms with E-state index in [0.29, 0.717) is 25.1 Å². The SMILES string of the molecule is CCCCN1C[C@@H](c2nc3ccccc3n2Cc2ccccc2F)CC1=O. The predicted molar refractivity (Wildman–Crippen MR) is 104 cm³/mol. The zero-order chi connectivity index (χ0) is 18.8. The van der Waals surface area contributed by atoms with Crippen molar-refractivity contribution in [1.82, 2.24) is 14.5 Å². The van der Waals surface area contributed by atoms with Gasteiger partial charge in [0.1, 0.15) is 11.6 Å². The molecule has 0 saturated carbocycles. The molecule has 0 N–H and O–H groups in total. The van der Waals surface area contributed by atoms with Gasteiger partial charge < -0.3 is 9.47 Å². The molecule has 0 bridgehead atoms. The Morgan fingerprint density at radius 1 is 1.15 bits per heavy atom. The summed E-state index contributed by atoms with van der Waals surface area (Å²) in [6.45, 7) is 4.05. The quantitative estimate of drug-likeness (QED) is 0.652. The van der Waals surface area contributed by atoms with E-state index < -0.39 is 0 Å². The van der Waals surface area contributed by atoms with Gasteiger partial charge in [0.15, 0.2) is 0 Å². The molecule has 0 radical (unpaired) electrons. The first kappa shape index (κ1) is 17.7. The summed E-state index contributed by atoms with van der Waals surface area (Å²) in [7, 11) is 0. The van der Waals surface area contributed by atoms with Crippen LogP contribution in [0.4, 0.5) is 4.39 Å². The minimum absolute atomic E-state index is 0.0496. The molecule has 3 aromatic rings. The summed E-state index contributed by atoms with van der Waals surface area (Å²) < 4.78 is 16.3. The maximum atomic E-state index is 14.3. The van der Waals surface area contributed by atoms with Crippen molar-refractivity contribution < 1.29 is 9.18 Å². The molecular formula is C22H24FN3O. The molecule has 1 fully saturated rings. The molecule has 5 heteroatoms. The number of amides is 1. The van der Waals surface area contributed by atoms with E-state index in [0.717, 1.165) is 36.2 Å². The first-order valence-electron chi connectivity index (χ1n) is 9.63. The van der Waals surface area contributed by atoms with Gasteiger partial charge in [-0.3, -0.25) is 4.79 Å². The number of imidazole rings is 1. The number of likely N-dealkylation sites (tertiary alicyclic amines) is 1. The summed E-state index contributed by atoms with van der Waals surface area (Å²) in [6, 6.07) is 14.8. The van der Waals surface area contributed by atoms with Gasteiger partial charge in [-0.05, 0) is 24.6 Å². The maximum Gasteiger partial charge on any atom is 0.223 e. The number of benzene rings is 2. The van der Waals surface area contributed by atoms with E-state index in [2.05, 4.69) is 11.5 Å². The average Bonchev–Trinajstić information content (AvgIpc) is 3.22. The smallest absolute Gasteiger partial charge is 0.223 e. The number of aromatic nitrogens is 2. The second kappa shape index (κ2) is 7.51. The minimum Gasteiger partial charge on any atom is -0.342 e. The number of carbonyl (C=O) groups excluding carboxylic acids is 1. The van der Waals surface area contributed by atoms with Crippen LogP contribution >= 0.6 is 0 Å².